The molecule has 0 saturated heterocycles. The summed E-state index contributed by atoms with van der Waals surface area (Å²) in [5.74, 6) is -0.639. The molecule has 0 atom stereocenters. The Morgan fingerprint density at radius 3 is 2.38 bits per heavy atom. The summed E-state index contributed by atoms with van der Waals surface area (Å²) in [6.45, 7) is 5.35. The van der Waals surface area contributed by atoms with Crippen molar-refractivity contribution in [3.05, 3.63) is 54.0 Å². The Morgan fingerprint density at radius 1 is 1.00 bits per heavy atom. The fourth-order valence-electron chi connectivity index (χ4n) is 2.49. The van der Waals surface area contributed by atoms with E-state index in [1.165, 1.54) is 12.3 Å². The van der Waals surface area contributed by atoms with Crippen molar-refractivity contribution in [1.29, 1.82) is 0 Å². The Bertz CT molecular complexity index is 752. The van der Waals surface area contributed by atoms with Crippen LogP contribution in [0, 0.1) is 0 Å². The maximum atomic E-state index is 12.4. The van der Waals surface area contributed by atoms with Crippen molar-refractivity contribution < 1.29 is 18.8 Å². The monoisotopic (exact) mass is 357 g/mol. The molecule has 0 aliphatic rings. The molecule has 0 aliphatic heterocycles. The van der Waals surface area contributed by atoms with E-state index in [0.717, 1.165) is 0 Å². The summed E-state index contributed by atoms with van der Waals surface area (Å²) in [5, 5.41) is 5.38. The lowest BCUT2D eigenvalue weighted by Gasteiger charge is -2.18. The molecule has 1 aromatic heterocycles. The molecule has 2 rings (SSSR count). The van der Waals surface area contributed by atoms with Gasteiger partial charge in [0.25, 0.3) is 11.8 Å². The van der Waals surface area contributed by atoms with Gasteiger partial charge in [-0.2, -0.15) is 0 Å². The average Bonchev–Trinajstić information content (AvgIpc) is 3.18. The second-order valence-corrected chi connectivity index (χ2v) is 5.55. The van der Waals surface area contributed by atoms with Crippen LogP contribution in [0.3, 0.4) is 0 Å². The Hall–Kier alpha value is -3.09. The standard InChI is InChI=1S/C19H23N3O4/c1-3-22(4-2)17(23)11-12-20-18(24)14-8-5-6-9-15(14)21-19(25)16-10-7-13-26-16/h5-10,13H,3-4,11-12H2,1-2H3,(H,20,24)(H,21,25). The third-order valence-corrected chi connectivity index (χ3v) is 3.91. The number of para-hydroxylation sites is 1. The van der Waals surface area contributed by atoms with Gasteiger partial charge in [0.05, 0.1) is 17.5 Å². The van der Waals surface area contributed by atoms with Crippen LogP contribution in [0.2, 0.25) is 0 Å². The summed E-state index contributed by atoms with van der Waals surface area (Å²) in [7, 11) is 0. The summed E-state index contributed by atoms with van der Waals surface area (Å²) in [5.41, 5.74) is 0.698. The van der Waals surface area contributed by atoms with E-state index in [4.69, 9.17) is 4.42 Å². The van der Waals surface area contributed by atoms with Gasteiger partial charge in [0.15, 0.2) is 5.76 Å². The van der Waals surface area contributed by atoms with E-state index in [0.29, 0.717) is 24.3 Å². The van der Waals surface area contributed by atoms with Gasteiger partial charge in [-0.05, 0) is 38.1 Å². The lowest BCUT2D eigenvalue weighted by atomic mass is 10.1. The Labute approximate surface area is 152 Å². The molecule has 0 bridgehead atoms. The highest BCUT2D eigenvalue weighted by Gasteiger charge is 2.16. The van der Waals surface area contributed by atoms with Crippen LogP contribution in [0.1, 0.15) is 41.2 Å². The summed E-state index contributed by atoms with van der Waals surface area (Å²) < 4.78 is 5.05. The molecule has 3 amide bonds. The fraction of sp³-hybridized carbons (Fsp3) is 0.316. The predicted octanol–water partition coefficient (Wildman–Crippen LogP) is 2.52. The SMILES string of the molecule is CCN(CC)C(=O)CCNC(=O)c1ccccc1NC(=O)c1ccco1. The highest BCUT2D eigenvalue weighted by molar-refractivity contribution is 6.07. The Balaban J connectivity index is 1.97. The molecular formula is C19H23N3O4. The molecule has 0 fully saturated rings. The molecule has 0 unspecified atom stereocenters. The number of carbonyl (C=O) groups is 3. The van der Waals surface area contributed by atoms with Crippen molar-refractivity contribution in [2.45, 2.75) is 20.3 Å². The lowest BCUT2D eigenvalue weighted by Crippen LogP contribution is -2.34. The number of nitrogens with one attached hydrogen (secondary N) is 2. The normalized spacial score (nSPS) is 10.2. The molecule has 1 heterocycles. The van der Waals surface area contributed by atoms with Gasteiger partial charge in [0, 0.05) is 26.1 Å². The van der Waals surface area contributed by atoms with E-state index >= 15 is 0 Å². The number of rotatable bonds is 8. The number of furan rings is 1. The first-order chi connectivity index (χ1) is 12.6. The number of carbonyl (C=O) groups excluding carboxylic acids is 3. The van der Waals surface area contributed by atoms with Crippen LogP contribution in [0.15, 0.2) is 47.1 Å². The molecule has 7 nitrogen and oxygen atoms in total. The van der Waals surface area contributed by atoms with E-state index in [1.807, 2.05) is 13.8 Å². The molecule has 2 N–H and O–H groups in total. The van der Waals surface area contributed by atoms with Gasteiger partial charge in [0.1, 0.15) is 0 Å². The maximum Gasteiger partial charge on any atom is 0.291 e. The minimum atomic E-state index is -0.438. The number of hydrogen-bond donors (Lipinski definition) is 2. The highest BCUT2D eigenvalue weighted by atomic mass is 16.3. The molecule has 1 aromatic carbocycles. The Kier molecular flexibility index (Phi) is 6.96. The topological polar surface area (TPSA) is 91.7 Å². The molecular weight excluding hydrogens is 334 g/mol. The van der Waals surface area contributed by atoms with Crippen LogP contribution in [-0.2, 0) is 4.79 Å². The third-order valence-electron chi connectivity index (χ3n) is 3.91. The highest BCUT2D eigenvalue weighted by Crippen LogP contribution is 2.16. The quantitative estimate of drug-likeness (QED) is 0.759. The van der Waals surface area contributed by atoms with Crippen LogP contribution >= 0.6 is 0 Å². The number of benzene rings is 1. The molecule has 0 radical (unpaired) electrons. The molecule has 2 aromatic rings. The molecule has 0 saturated carbocycles. The lowest BCUT2D eigenvalue weighted by molar-refractivity contribution is -0.130. The first-order valence-corrected chi connectivity index (χ1v) is 8.56. The van der Waals surface area contributed by atoms with Crippen molar-refractivity contribution >= 4 is 23.4 Å². The molecule has 0 spiro atoms. The van der Waals surface area contributed by atoms with E-state index in [9.17, 15) is 14.4 Å². The summed E-state index contributed by atoms with van der Waals surface area (Å²) in [4.78, 5) is 38.2. The van der Waals surface area contributed by atoms with E-state index in [-0.39, 0.29) is 30.5 Å². The minimum absolute atomic E-state index is 0.00490. The van der Waals surface area contributed by atoms with Gasteiger partial charge in [-0.25, -0.2) is 0 Å². The van der Waals surface area contributed by atoms with E-state index in [2.05, 4.69) is 10.6 Å². The maximum absolute atomic E-state index is 12.4. The Morgan fingerprint density at radius 2 is 1.73 bits per heavy atom. The summed E-state index contributed by atoms with van der Waals surface area (Å²) in [6, 6.07) is 9.82. The van der Waals surface area contributed by atoms with Gasteiger partial charge in [-0.1, -0.05) is 12.1 Å². The van der Waals surface area contributed by atoms with Crippen molar-refractivity contribution in [2.24, 2.45) is 0 Å². The van der Waals surface area contributed by atoms with Gasteiger partial charge in [-0.3, -0.25) is 14.4 Å². The van der Waals surface area contributed by atoms with Gasteiger partial charge in [0.2, 0.25) is 5.91 Å². The number of hydrogen-bond acceptors (Lipinski definition) is 4. The zero-order valence-electron chi connectivity index (χ0n) is 15.0. The van der Waals surface area contributed by atoms with Crippen LogP contribution in [0.25, 0.3) is 0 Å². The predicted molar refractivity (Wildman–Crippen MR) is 98.0 cm³/mol. The second-order valence-electron chi connectivity index (χ2n) is 5.55. The van der Waals surface area contributed by atoms with Crippen LogP contribution in [0.4, 0.5) is 5.69 Å². The molecule has 7 heteroatoms. The fourth-order valence-corrected chi connectivity index (χ4v) is 2.49. The van der Waals surface area contributed by atoms with Gasteiger partial charge < -0.3 is 20.0 Å². The zero-order chi connectivity index (χ0) is 18.9. The van der Waals surface area contributed by atoms with Gasteiger partial charge >= 0.3 is 0 Å². The number of nitrogens with zero attached hydrogens (tertiary/aromatic N) is 1. The number of amides is 3. The molecule has 138 valence electrons. The molecule has 0 aliphatic carbocycles. The summed E-state index contributed by atoms with van der Waals surface area (Å²) >= 11 is 0. The van der Waals surface area contributed by atoms with Crippen molar-refractivity contribution in [3.8, 4) is 0 Å². The van der Waals surface area contributed by atoms with Crippen LogP contribution in [0.5, 0.6) is 0 Å². The largest absolute Gasteiger partial charge is 0.459 e. The third kappa shape index (κ3) is 4.95. The first kappa shape index (κ1) is 19.2. The second kappa shape index (κ2) is 9.41. The minimum Gasteiger partial charge on any atom is -0.459 e. The van der Waals surface area contributed by atoms with E-state index < -0.39 is 5.91 Å². The van der Waals surface area contributed by atoms with Gasteiger partial charge in [-0.15, -0.1) is 0 Å². The number of anilines is 1. The van der Waals surface area contributed by atoms with E-state index in [1.54, 1.807) is 35.2 Å². The van der Waals surface area contributed by atoms with Crippen molar-refractivity contribution in [3.63, 3.8) is 0 Å². The van der Waals surface area contributed by atoms with Crippen molar-refractivity contribution in [1.82, 2.24) is 10.2 Å². The zero-order valence-corrected chi connectivity index (χ0v) is 15.0. The van der Waals surface area contributed by atoms with Crippen molar-refractivity contribution in [2.75, 3.05) is 25.0 Å². The molecule has 26 heavy (non-hydrogen) atoms. The first-order valence-electron chi connectivity index (χ1n) is 8.56. The van der Waals surface area contributed by atoms with Crippen LogP contribution in [-0.4, -0.2) is 42.3 Å². The smallest absolute Gasteiger partial charge is 0.291 e. The van der Waals surface area contributed by atoms with Crippen LogP contribution < -0.4 is 10.6 Å². The average molecular weight is 357 g/mol. The summed E-state index contributed by atoms with van der Waals surface area (Å²) in [6.07, 6.45) is 1.63.